The lowest BCUT2D eigenvalue weighted by Crippen LogP contribution is -2.19. The summed E-state index contributed by atoms with van der Waals surface area (Å²) in [6.07, 6.45) is 0.785. The summed E-state index contributed by atoms with van der Waals surface area (Å²) in [5, 5.41) is 0. The number of ether oxygens (including phenoxy) is 3. The maximum Gasteiger partial charge on any atom is 0.128 e. The minimum Gasteiger partial charge on any atom is -0.382 e. The van der Waals surface area contributed by atoms with Crippen LogP contribution in [0.25, 0.3) is 0 Å². The Morgan fingerprint density at radius 2 is 1.84 bits per heavy atom. The third-order valence-corrected chi connectivity index (χ3v) is 2.61. The molecule has 1 unspecified atom stereocenters. The van der Waals surface area contributed by atoms with E-state index in [0.717, 1.165) is 6.42 Å². The second-order valence-corrected chi connectivity index (χ2v) is 4.16. The average Bonchev–Trinajstić information content (AvgIpc) is 2.42. The van der Waals surface area contributed by atoms with Crippen molar-refractivity contribution in [3.63, 3.8) is 0 Å². The zero-order chi connectivity index (χ0) is 13.9. The number of halogens is 1. The van der Waals surface area contributed by atoms with Gasteiger partial charge in [-0.2, -0.15) is 0 Å². The molecule has 0 bridgehead atoms. The molecule has 0 aliphatic heterocycles. The van der Waals surface area contributed by atoms with Gasteiger partial charge >= 0.3 is 0 Å². The van der Waals surface area contributed by atoms with Gasteiger partial charge in [0.25, 0.3) is 0 Å². The molecule has 108 valence electrons. The molecule has 1 aromatic rings. The van der Waals surface area contributed by atoms with Crippen LogP contribution < -0.4 is 5.73 Å². The molecule has 4 nitrogen and oxygen atoms in total. The smallest absolute Gasteiger partial charge is 0.128 e. The molecule has 0 fully saturated rings. The van der Waals surface area contributed by atoms with Gasteiger partial charge in [0.05, 0.1) is 25.9 Å². The van der Waals surface area contributed by atoms with Crippen LogP contribution in [0.3, 0.4) is 0 Å². The Labute approximate surface area is 113 Å². The van der Waals surface area contributed by atoms with E-state index in [1.165, 1.54) is 6.07 Å². The molecule has 1 rings (SSSR count). The van der Waals surface area contributed by atoms with Gasteiger partial charge in [-0.1, -0.05) is 18.2 Å². The molecule has 0 aliphatic rings. The van der Waals surface area contributed by atoms with Crippen LogP contribution in [0.5, 0.6) is 0 Å². The first-order valence-electron chi connectivity index (χ1n) is 6.40. The van der Waals surface area contributed by atoms with Crippen molar-refractivity contribution in [1.82, 2.24) is 0 Å². The van der Waals surface area contributed by atoms with Crippen LogP contribution in [-0.4, -0.2) is 40.1 Å². The summed E-state index contributed by atoms with van der Waals surface area (Å²) >= 11 is 0. The second-order valence-electron chi connectivity index (χ2n) is 4.16. The van der Waals surface area contributed by atoms with Crippen molar-refractivity contribution in [2.45, 2.75) is 12.5 Å². The molecule has 2 N–H and O–H groups in total. The second kappa shape index (κ2) is 9.86. The predicted octanol–water partition coefficient (Wildman–Crippen LogP) is 1.90. The lowest BCUT2D eigenvalue weighted by atomic mass is 10.1. The van der Waals surface area contributed by atoms with Gasteiger partial charge in [0, 0.05) is 25.9 Å². The van der Waals surface area contributed by atoms with Gasteiger partial charge in [-0.25, -0.2) is 4.39 Å². The third-order valence-electron chi connectivity index (χ3n) is 2.61. The standard InChI is InChI=1S/C14H22FNO3/c1-17-9-10-18-7-4-8-19-11-14(16)12-5-2-3-6-13(12)15/h2-3,5-6,14H,4,7-11,16H2,1H3. The van der Waals surface area contributed by atoms with Crippen LogP contribution in [0.2, 0.25) is 0 Å². The Balaban J connectivity index is 2.08. The SMILES string of the molecule is COCCOCCCOCC(N)c1ccccc1F. The van der Waals surface area contributed by atoms with Crippen LogP contribution >= 0.6 is 0 Å². The maximum atomic E-state index is 13.4. The predicted molar refractivity (Wildman–Crippen MR) is 71.5 cm³/mol. The van der Waals surface area contributed by atoms with Gasteiger partial charge in [-0.05, 0) is 12.5 Å². The van der Waals surface area contributed by atoms with E-state index >= 15 is 0 Å². The topological polar surface area (TPSA) is 53.7 Å². The zero-order valence-corrected chi connectivity index (χ0v) is 11.3. The summed E-state index contributed by atoms with van der Waals surface area (Å²) in [4.78, 5) is 0. The quantitative estimate of drug-likeness (QED) is 0.660. The van der Waals surface area contributed by atoms with Crippen LogP contribution in [0, 0.1) is 5.82 Å². The lowest BCUT2D eigenvalue weighted by molar-refractivity contribution is 0.0490. The molecular weight excluding hydrogens is 249 g/mol. The Bertz CT molecular complexity index is 349. The molecule has 5 heteroatoms. The number of benzene rings is 1. The van der Waals surface area contributed by atoms with E-state index in [0.29, 0.717) is 38.6 Å². The van der Waals surface area contributed by atoms with E-state index in [1.807, 2.05) is 0 Å². The van der Waals surface area contributed by atoms with E-state index < -0.39 is 6.04 Å². The van der Waals surface area contributed by atoms with Crippen LogP contribution in [-0.2, 0) is 14.2 Å². The Hall–Kier alpha value is -1.01. The maximum absolute atomic E-state index is 13.4. The fourth-order valence-electron chi connectivity index (χ4n) is 1.58. The van der Waals surface area contributed by atoms with Gasteiger partial charge < -0.3 is 19.9 Å². The number of methoxy groups -OCH3 is 1. The van der Waals surface area contributed by atoms with Crippen LogP contribution in [0.1, 0.15) is 18.0 Å². The van der Waals surface area contributed by atoms with E-state index in [2.05, 4.69) is 0 Å². The number of nitrogens with two attached hydrogens (primary N) is 1. The number of hydrogen-bond donors (Lipinski definition) is 1. The highest BCUT2D eigenvalue weighted by molar-refractivity contribution is 5.20. The molecule has 0 spiro atoms. The first-order valence-corrected chi connectivity index (χ1v) is 6.40. The summed E-state index contributed by atoms with van der Waals surface area (Å²) < 4.78 is 29.0. The summed E-state index contributed by atoms with van der Waals surface area (Å²) in [5.74, 6) is -0.290. The molecule has 0 aromatic heterocycles. The summed E-state index contributed by atoms with van der Waals surface area (Å²) in [6, 6.07) is 6.05. The first kappa shape index (κ1) is 16.0. The third kappa shape index (κ3) is 6.63. The summed E-state index contributed by atoms with van der Waals surface area (Å²) in [6.45, 7) is 2.66. The monoisotopic (exact) mass is 271 g/mol. The lowest BCUT2D eigenvalue weighted by Gasteiger charge is -2.13. The highest BCUT2D eigenvalue weighted by Gasteiger charge is 2.10. The molecule has 0 radical (unpaired) electrons. The van der Waals surface area contributed by atoms with E-state index in [1.54, 1.807) is 25.3 Å². The Morgan fingerprint density at radius 3 is 2.58 bits per heavy atom. The van der Waals surface area contributed by atoms with Crippen molar-refractivity contribution >= 4 is 0 Å². The Morgan fingerprint density at radius 1 is 1.11 bits per heavy atom. The molecule has 0 saturated carbocycles. The molecular formula is C14H22FNO3. The molecule has 19 heavy (non-hydrogen) atoms. The average molecular weight is 271 g/mol. The van der Waals surface area contributed by atoms with Crippen molar-refractivity contribution < 1.29 is 18.6 Å². The van der Waals surface area contributed by atoms with Crippen molar-refractivity contribution in [2.75, 3.05) is 40.1 Å². The molecule has 0 amide bonds. The molecule has 1 aromatic carbocycles. The normalized spacial score (nSPS) is 12.6. The largest absolute Gasteiger partial charge is 0.382 e. The van der Waals surface area contributed by atoms with E-state index in [4.69, 9.17) is 19.9 Å². The Kier molecular flexibility index (Phi) is 8.33. The van der Waals surface area contributed by atoms with Crippen molar-refractivity contribution in [1.29, 1.82) is 0 Å². The summed E-state index contributed by atoms with van der Waals surface area (Å²) in [7, 11) is 1.64. The van der Waals surface area contributed by atoms with E-state index in [-0.39, 0.29) is 5.82 Å². The summed E-state index contributed by atoms with van der Waals surface area (Å²) in [5.41, 5.74) is 6.35. The minimum absolute atomic E-state index is 0.290. The van der Waals surface area contributed by atoms with Crippen LogP contribution in [0.15, 0.2) is 24.3 Å². The van der Waals surface area contributed by atoms with E-state index in [9.17, 15) is 4.39 Å². The van der Waals surface area contributed by atoms with Crippen LogP contribution in [0.4, 0.5) is 4.39 Å². The number of rotatable bonds is 10. The number of hydrogen-bond acceptors (Lipinski definition) is 4. The van der Waals surface area contributed by atoms with Gasteiger partial charge in [-0.15, -0.1) is 0 Å². The van der Waals surface area contributed by atoms with Crippen molar-refractivity contribution in [2.24, 2.45) is 5.73 Å². The van der Waals surface area contributed by atoms with Gasteiger partial charge in [0.15, 0.2) is 0 Å². The van der Waals surface area contributed by atoms with Gasteiger partial charge in [-0.3, -0.25) is 0 Å². The highest BCUT2D eigenvalue weighted by atomic mass is 19.1. The zero-order valence-electron chi connectivity index (χ0n) is 11.3. The highest BCUT2D eigenvalue weighted by Crippen LogP contribution is 2.14. The first-order chi connectivity index (χ1) is 9.25. The molecule has 0 heterocycles. The fourth-order valence-corrected chi connectivity index (χ4v) is 1.58. The molecule has 0 saturated heterocycles. The minimum atomic E-state index is -0.435. The van der Waals surface area contributed by atoms with Gasteiger partial charge in [0.1, 0.15) is 5.82 Å². The molecule has 1 atom stereocenters. The molecule has 0 aliphatic carbocycles. The van der Waals surface area contributed by atoms with Crippen molar-refractivity contribution in [3.8, 4) is 0 Å². The van der Waals surface area contributed by atoms with Gasteiger partial charge in [0.2, 0.25) is 0 Å². The fraction of sp³-hybridized carbons (Fsp3) is 0.571. The van der Waals surface area contributed by atoms with Crippen molar-refractivity contribution in [3.05, 3.63) is 35.6 Å².